The molecule has 5 nitrogen and oxygen atoms in total. The molecule has 0 spiro atoms. The number of fused-ring (bicyclic) bond motifs is 1. The summed E-state index contributed by atoms with van der Waals surface area (Å²) in [6.45, 7) is 0. The molecule has 116 valence electrons. The van der Waals surface area contributed by atoms with Gasteiger partial charge in [-0.3, -0.25) is 4.79 Å². The van der Waals surface area contributed by atoms with E-state index >= 15 is 0 Å². The molecule has 1 aromatic carbocycles. The number of aromatic nitrogens is 1. The Morgan fingerprint density at radius 3 is 3.00 bits per heavy atom. The van der Waals surface area contributed by atoms with Crippen molar-refractivity contribution in [1.82, 2.24) is 5.16 Å². The van der Waals surface area contributed by atoms with Gasteiger partial charge in [0, 0.05) is 24.1 Å². The molecule has 0 saturated heterocycles. The number of hydrogen-bond acceptors (Lipinski definition) is 4. The molecule has 0 aliphatic heterocycles. The maximum Gasteiger partial charge on any atom is 0.259 e. The molecule has 0 fully saturated rings. The third kappa shape index (κ3) is 3.00. The molecule has 1 aliphatic carbocycles. The quantitative estimate of drug-likeness (QED) is 0.936. The maximum absolute atomic E-state index is 12.5. The van der Waals surface area contributed by atoms with Gasteiger partial charge < -0.3 is 14.6 Å². The van der Waals surface area contributed by atoms with Crippen LogP contribution in [0.5, 0.6) is 0 Å². The number of benzene rings is 1. The number of amides is 1. The van der Waals surface area contributed by atoms with Crippen molar-refractivity contribution in [3.8, 4) is 0 Å². The first-order valence-corrected chi connectivity index (χ1v) is 7.63. The van der Waals surface area contributed by atoms with Crippen LogP contribution in [0.25, 0.3) is 0 Å². The molecule has 1 N–H and O–H groups in total. The third-order valence-electron chi connectivity index (χ3n) is 3.82. The van der Waals surface area contributed by atoms with Crippen LogP contribution in [-0.2, 0) is 22.4 Å². The zero-order chi connectivity index (χ0) is 15.5. The Bertz CT molecular complexity index is 684. The number of anilines is 1. The van der Waals surface area contributed by atoms with Crippen molar-refractivity contribution in [3.05, 3.63) is 46.2 Å². The normalized spacial score (nSPS) is 15.2. The summed E-state index contributed by atoms with van der Waals surface area (Å²) in [6, 6.07) is 7.06. The number of carbonyl (C=O) groups excluding carboxylic acids is 1. The minimum atomic E-state index is -0.741. The van der Waals surface area contributed by atoms with Crippen LogP contribution >= 0.6 is 11.6 Å². The molecule has 1 unspecified atom stereocenters. The third-order valence-corrected chi connectivity index (χ3v) is 4.05. The minimum absolute atomic E-state index is 0.286. The zero-order valence-electron chi connectivity index (χ0n) is 12.3. The second kappa shape index (κ2) is 6.50. The van der Waals surface area contributed by atoms with Crippen LogP contribution in [0.2, 0.25) is 5.02 Å². The smallest absolute Gasteiger partial charge is 0.259 e. The van der Waals surface area contributed by atoms with Gasteiger partial charge in [0.15, 0.2) is 11.9 Å². The Balaban J connectivity index is 1.79. The highest BCUT2D eigenvalue weighted by Crippen LogP contribution is 2.29. The van der Waals surface area contributed by atoms with Crippen LogP contribution in [0.4, 0.5) is 5.82 Å². The van der Waals surface area contributed by atoms with E-state index in [4.69, 9.17) is 20.9 Å². The standard InChI is InChI=1S/C16H17ClN2O3/c1-21-14(10-5-4-6-11(17)9-10)16(20)18-15-12-7-2-3-8-13(12)22-19-15/h4-6,9,14H,2-3,7-8H2,1H3,(H,18,19,20). The fraction of sp³-hybridized carbons (Fsp3) is 0.375. The summed E-state index contributed by atoms with van der Waals surface area (Å²) in [5.74, 6) is 1.09. The average Bonchev–Trinajstić information content (AvgIpc) is 2.91. The second-order valence-electron chi connectivity index (χ2n) is 5.30. The Labute approximate surface area is 133 Å². The summed E-state index contributed by atoms with van der Waals surface area (Å²) >= 11 is 5.97. The van der Waals surface area contributed by atoms with Gasteiger partial charge in [-0.2, -0.15) is 0 Å². The van der Waals surface area contributed by atoms with Crippen molar-refractivity contribution in [2.75, 3.05) is 12.4 Å². The van der Waals surface area contributed by atoms with Crippen molar-refractivity contribution in [1.29, 1.82) is 0 Å². The summed E-state index contributed by atoms with van der Waals surface area (Å²) < 4.78 is 10.6. The molecular formula is C16H17ClN2O3. The van der Waals surface area contributed by atoms with Gasteiger partial charge in [0.1, 0.15) is 5.76 Å². The van der Waals surface area contributed by atoms with Crippen molar-refractivity contribution in [2.24, 2.45) is 0 Å². The number of rotatable bonds is 4. The van der Waals surface area contributed by atoms with Crippen LogP contribution in [0.15, 0.2) is 28.8 Å². The predicted molar refractivity (Wildman–Crippen MR) is 83.0 cm³/mol. The lowest BCUT2D eigenvalue weighted by Gasteiger charge is -2.16. The first-order valence-electron chi connectivity index (χ1n) is 7.25. The Kier molecular flexibility index (Phi) is 4.45. The first kappa shape index (κ1) is 15.1. The van der Waals surface area contributed by atoms with E-state index < -0.39 is 6.10 Å². The van der Waals surface area contributed by atoms with Crippen molar-refractivity contribution in [3.63, 3.8) is 0 Å². The Hall–Kier alpha value is -1.85. The number of carbonyl (C=O) groups is 1. The lowest BCUT2D eigenvalue weighted by Crippen LogP contribution is -2.23. The van der Waals surface area contributed by atoms with Gasteiger partial charge in [-0.15, -0.1) is 0 Å². The van der Waals surface area contributed by atoms with Crippen molar-refractivity contribution < 1.29 is 14.1 Å². The molecule has 1 aliphatic rings. The zero-order valence-corrected chi connectivity index (χ0v) is 13.0. The van der Waals surface area contributed by atoms with Gasteiger partial charge in [0.05, 0.1) is 0 Å². The highest BCUT2D eigenvalue weighted by Gasteiger charge is 2.25. The number of methoxy groups -OCH3 is 1. The molecule has 3 rings (SSSR count). The van der Waals surface area contributed by atoms with E-state index in [1.54, 1.807) is 24.3 Å². The summed E-state index contributed by atoms with van der Waals surface area (Å²) in [4.78, 5) is 12.5. The molecule has 1 amide bonds. The highest BCUT2D eigenvalue weighted by atomic mass is 35.5. The number of ether oxygens (including phenoxy) is 1. The molecule has 22 heavy (non-hydrogen) atoms. The van der Waals surface area contributed by atoms with Gasteiger partial charge in [-0.05, 0) is 37.0 Å². The largest absolute Gasteiger partial charge is 0.367 e. The molecule has 6 heteroatoms. The van der Waals surface area contributed by atoms with E-state index in [0.717, 1.165) is 37.0 Å². The maximum atomic E-state index is 12.5. The summed E-state index contributed by atoms with van der Waals surface area (Å²) in [5.41, 5.74) is 1.70. The second-order valence-corrected chi connectivity index (χ2v) is 5.74. The number of nitrogens with one attached hydrogen (secondary N) is 1. The van der Waals surface area contributed by atoms with Crippen LogP contribution in [0, 0.1) is 0 Å². The average molecular weight is 321 g/mol. The van der Waals surface area contributed by atoms with E-state index in [2.05, 4.69) is 10.5 Å². The SMILES string of the molecule is COC(C(=O)Nc1noc2c1CCCC2)c1cccc(Cl)c1. The van der Waals surface area contributed by atoms with Crippen LogP contribution in [0.1, 0.15) is 35.8 Å². The van der Waals surface area contributed by atoms with E-state index in [0.29, 0.717) is 16.4 Å². The van der Waals surface area contributed by atoms with Gasteiger partial charge in [-0.25, -0.2) is 0 Å². The molecule has 0 bridgehead atoms. The minimum Gasteiger partial charge on any atom is -0.367 e. The molecule has 1 aromatic heterocycles. The highest BCUT2D eigenvalue weighted by molar-refractivity contribution is 6.30. The van der Waals surface area contributed by atoms with Gasteiger partial charge >= 0.3 is 0 Å². The Morgan fingerprint density at radius 1 is 1.41 bits per heavy atom. The monoisotopic (exact) mass is 320 g/mol. The van der Waals surface area contributed by atoms with Crippen LogP contribution in [-0.4, -0.2) is 18.2 Å². The lowest BCUT2D eigenvalue weighted by molar-refractivity contribution is -0.126. The van der Waals surface area contributed by atoms with Crippen molar-refractivity contribution in [2.45, 2.75) is 31.8 Å². The molecular weight excluding hydrogens is 304 g/mol. The van der Waals surface area contributed by atoms with E-state index in [-0.39, 0.29) is 5.91 Å². The first-order chi connectivity index (χ1) is 10.7. The fourth-order valence-corrected chi connectivity index (χ4v) is 2.93. The number of nitrogens with zero attached hydrogens (tertiary/aromatic N) is 1. The van der Waals surface area contributed by atoms with Crippen LogP contribution < -0.4 is 5.32 Å². The van der Waals surface area contributed by atoms with Gasteiger partial charge in [-0.1, -0.05) is 28.9 Å². The van der Waals surface area contributed by atoms with Crippen LogP contribution in [0.3, 0.4) is 0 Å². The number of aryl methyl sites for hydroxylation is 1. The van der Waals surface area contributed by atoms with E-state index in [1.807, 2.05) is 0 Å². The summed E-state index contributed by atoms with van der Waals surface area (Å²) in [7, 11) is 1.49. The number of halogens is 1. The molecule has 1 atom stereocenters. The fourth-order valence-electron chi connectivity index (χ4n) is 2.73. The molecule has 2 aromatic rings. The Morgan fingerprint density at radius 2 is 2.23 bits per heavy atom. The van der Waals surface area contributed by atoms with Gasteiger partial charge in [0.25, 0.3) is 5.91 Å². The summed E-state index contributed by atoms with van der Waals surface area (Å²) in [6.07, 6.45) is 3.19. The van der Waals surface area contributed by atoms with Crippen molar-refractivity contribution >= 4 is 23.3 Å². The molecule has 1 heterocycles. The lowest BCUT2D eigenvalue weighted by atomic mass is 9.98. The van der Waals surface area contributed by atoms with E-state index in [9.17, 15) is 4.79 Å². The molecule has 0 radical (unpaired) electrons. The number of hydrogen-bond donors (Lipinski definition) is 1. The van der Waals surface area contributed by atoms with E-state index in [1.165, 1.54) is 7.11 Å². The predicted octanol–water partition coefficient (Wildman–Crippen LogP) is 3.53. The summed E-state index contributed by atoms with van der Waals surface area (Å²) in [5, 5.41) is 7.35. The topological polar surface area (TPSA) is 64.4 Å². The molecule has 0 saturated carbocycles. The van der Waals surface area contributed by atoms with Gasteiger partial charge in [0.2, 0.25) is 0 Å².